The first-order valence-electron chi connectivity index (χ1n) is 9.90. The third-order valence-corrected chi connectivity index (χ3v) is 5.48. The van der Waals surface area contributed by atoms with Crippen LogP contribution in [-0.4, -0.2) is 46.5 Å². The summed E-state index contributed by atoms with van der Waals surface area (Å²) in [5.41, 5.74) is 3.14. The quantitative estimate of drug-likeness (QED) is 0.329. The van der Waals surface area contributed by atoms with Gasteiger partial charge < -0.3 is 15.4 Å². The number of benzene rings is 2. The van der Waals surface area contributed by atoms with Crippen molar-refractivity contribution in [3.8, 4) is 11.4 Å². The van der Waals surface area contributed by atoms with Crippen LogP contribution in [-0.2, 0) is 10.0 Å². The normalized spacial score (nSPS) is 11.2. The van der Waals surface area contributed by atoms with Crippen LogP contribution in [0.5, 0.6) is 5.75 Å². The number of nitrogens with zero attached hydrogens (tertiary/aromatic N) is 5. The minimum Gasteiger partial charge on any atom is -0.495 e. The Hall–Kier alpha value is -3.90. The number of aromatic nitrogens is 5. The predicted octanol–water partition coefficient (Wildman–Crippen LogP) is 3.89. The van der Waals surface area contributed by atoms with E-state index < -0.39 is 10.0 Å². The van der Waals surface area contributed by atoms with Crippen LogP contribution in [0.15, 0.2) is 55.2 Å². The van der Waals surface area contributed by atoms with E-state index >= 15 is 0 Å². The van der Waals surface area contributed by atoms with Gasteiger partial charge in [-0.05, 0) is 42.8 Å². The summed E-state index contributed by atoms with van der Waals surface area (Å²) >= 11 is 6.32. The molecule has 176 valence electrons. The van der Waals surface area contributed by atoms with Crippen molar-refractivity contribution in [2.75, 3.05) is 28.7 Å². The van der Waals surface area contributed by atoms with E-state index in [4.69, 9.17) is 16.3 Å². The molecule has 4 rings (SSSR count). The number of hydrogen-bond donors (Lipinski definition) is 3. The molecule has 2 heterocycles. The van der Waals surface area contributed by atoms with Gasteiger partial charge in [0.15, 0.2) is 5.82 Å². The van der Waals surface area contributed by atoms with Crippen molar-refractivity contribution in [1.29, 1.82) is 0 Å². The number of aryl methyl sites for hydroxylation is 1. The van der Waals surface area contributed by atoms with Gasteiger partial charge in [-0.2, -0.15) is 4.98 Å². The minimum absolute atomic E-state index is 0.246. The summed E-state index contributed by atoms with van der Waals surface area (Å²) in [4.78, 5) is 8.71. The third kappa shape index (κ3) is 5.53. The van der Waals surface area contributed by atoms with Gasteiger partial charge >= 0.3 is 0 Å². The molecule has 0 unspecified atom stereocenters. The molecule has 4 aromatic rings. The largest absolute Gasteiger partial charge is 0.495 e. The minimum atomic E-state index is -3.49. The average Bonchev–Trinajstić information content (AvgIpc) is 3.32. The van der Waals surface area contributed by atoms with Gasteiger partial charge in [0.05, 0.1) is 42.3 Å². The third-order valence-electron chi connectivity index (χ3n) is 4.61. The highest BCUT2D eigenvalue weighted by molar-refractivity contribution is 7.92. The first-order valence-corrected chi connectivity index (χ1v) is 12.2. The first-order chi connectivity index (χ1) is 16.2. The number of sulfonamides is 1. The highest BCUT2D eigenvalue weighted by atomic mass is 35.5. The molecule has 0 aliphatic heterocycles. The molecule has 0 aliphatic rings. The Morgan fingerprint density at radius 3 is 2.47 bits per heavy atom. The van der Waals surface area contributed by atoms with Crippen molar-refractivity contribution in [2.45, 2.75) is 6.92 Å². The van der Waals surface area contributed by atoms with Crippen LogP contribution in [0.2, 0.25) is 5.02 Å². The summed E-state index contributed by atoms with van der Waals surface area (Å²) in [5.74, 6) is 1.10. The van der Waals surface area contributed by atoms with Crippen LogP contribution in [0.25, 0.3) is 5.69 Å². The van der Waals surface area contributed by atoms with Gasteiger partial charge in [0, 0.05) is 0 Å². The maximum absolute atomic E-state index is 11.8. The number of anilines is 5. The topological polar surface area (TPSA) is 136 Å². The lowest BCUT2D eigenvalue weighted by molar-refractivity contribution is 0.416. The van der Waals surface area contributed by atoms with E-state index in [0.717, 1.165) is 17.5 Å². The van der Waals surface area contributed by atoms with Crippen molar-refractivity contribution >= 4 is 50.5 Å². The lowest BCUT2D eigenvalue weighted by atomic mass is 10.2. The van der Waals surface area contributed by atoms with E-state index in [1.165, 1.54) is 6.20 Å². The summed E-state index contributed by atoms with van der Waals surface area (Å²) in [7, 11) is -1.93. The zero-order valence-corrected chi connectivity index (χ0v) is 20.0. The number of rotatable bonds is 8. The fourth-order valence-electron chi connectivity index (χ4n) is 3.10. The first kappa shape index (κ1) is 23.3. The van der Waals surface area contributed by atoms with Crippen molar-refractivity contribution in [1.82, 2.24) is 24.7 Å². The SMILES string of the molecule is COc1ccc(-n2cnnc2)cc1Nc1ncc(Cl)c(Nc2ccc(C)cc2NS(C)(=O)=O)n1. The Morgan fingerprint density at radius 2 is 1.76 bits per heavy atom. The summed E-state index contributed by atoms with van der Waals surface area (Å²) in [6.45, 7) is 1.86. The van der Waals surface area contributed by atoms with Gasteiger partial charge in [-0.25, -0.2) is 13.4 Å². The number of nitrogens with one attached hydrogen (secondary N) is 3. The van der Waals surface area contributed by atoms with Crippen LogP contribution in [0.1, 0.15) is 5.56 Å². The predicted molar refractivity (Wildman–Crippen MR) is 131 cm³/mol. The summed E-state index contributed by atoms with van der Waals surface area (Å²) in [5, 5.41) is 14.1. The van der Waals surface area contributed by atoms with Gasteiger partial charge in [0.25, 0.3) is 0 Å². The molecule has 13 heteroatoms. The summed E-state index contributed by atoms with van der Waals surface area (Å²) in [6, 6.07) is 10.8. The fourth-order valence-corrected chi connectivity index (χ4v) is 3.81. The van der Waals surface area contributed by atoms with E-state index in [0.29, 0.717) is 22.8 Å². The molecular weight excluding hydrogens is 480 g/mol. The maximum Gasteiger partial charge on any atom is 0.229 e. The summed E-state index contributed by atoms with van der Waals surface area (Å²) in [6.07, 6.45) is 5.68. The smallest absolute Gasteiger partial charge is 0.229 e. The van der Waals surface area contributed by atoms with Crippen molar-refractivity contribution < 1.29 is 13.2 Å². The number of methoxy groups -OCH3 is 1. The van der Waals surface area contributed by atoms with Crippen LogP contribution >= 0.6 is 11.6 Å². The van der Waals surface area contributed by atoms with E-state index in [1.807, 2.05) is 25.1 Å². The molecule has 3 N–H and O–H groups in total. The second kappa shape index (κ2) is 9.53. The molecule has 0 atom stereocenters. The molecule has 34 heavy (non-hydrogen) atoms. The van der Waals surface area contributed by atoms with Gasteiger partial charge in [-0.1, -0.05) is 17.7 Å². The summed E-state index contributed by atoms with van der Waals surface area (Å²) < 4.78 is 33.3. The zero-order valence-electron chi connectivity index (χ0n) is 18.4. The molecule has 0 radical (unpaired) electrons. The van der Waals surface area contributed by atoms with Crippen LogP contribution in [0.4, 0.5) is 28.8 Å². The van der Waals surface area contributed by atoms with Crippen molar-refractivity contribution in [3.05, 3.63) is 65.8 Å². The van der Waals surface area contributed by atoms with Crippen molar-refractivity contribution in [2.24, 2.45) is 0 Å². The molecule has 2 aromatic carbocycles. The molecule has 0 saturated carbocycles. The Bertz CT molecular complexity index is 1430. The lowest BCUT2D eigenvalue weighted by Crippen LogP contribution is -2.11. The van der Waals surface area contributed by atoms with Crippen LogP contribution in [0.3, 0.4) is 0 Å². The average molecular weight is 501 g/mol. The van der Waals surface area contributed by atoms with Crippen LogP contribution < -0.4 is 20.1 Å². The van der Waals surface area contributed by atoms with E-state index in [-0.39, 0.29) is 16.8 Å². The van der Waals surface area contributed by atoms with Gasteiger partial charge in [0.2, 0.25) is 16.0 Å². The molecule has 0 fully saturated rings. The lowest BCUT2D eigenvalue weighted by Gasteiger charge is -2.16. The molecule has 0 spiro atoms. The zero-order chi connectivity index (χ0) is 24.3. The van der Waals surface area contributed by atoms with Gasteiger partial charge in [-0.15, -0.1) is 10.2 Å². The number of ether oxygens (including phenoxy) is 1. The van der Waals surface area contributed by atoms with E-state index in [9.17, 15) is 8.42 Å². The van der Waals surface area contributed by atoms with Crippen LogP contribution in [0, 0.1) is 6.92 Å². The molecule has 0 bridgehead atoms. The highest BCUT2D eigenvalue weighted by Crippen LogP contribution is 2.32. The fraction of sp³-hybridized carbons (Fsp3) is 0.143. The Labute approximate surface area is 201 Å². The van der Waals surface area contributed by atoms with E-state index in [1.54, 1.807) is 42.5 Å². The Morgan fingerprint density at radius 1 is 1.00 bits per heavy atom. The molecule has 0 aliphatic carbocycles. The van der Waals surface area contributed by atoms with Gasteiger partial charge in [0.1, 0.15) is 23.4 Å². The Kier molecular flexibility index (Phi) is 6.52. The highest BCUT2D eigenvalue weighted by Gasteiger charge is 2.13. The number of halogens is 1. The molecular formula is C21H21ClN8O3S. The molecule has 0 saturated heterocycles. The second-order valence-corrected chi connectivity index (χ2v) is 9.47. The molecule has 2 aromatic heterocycles. The van der Waals surface area contributed by atoms with E-state index in [2.05, 4.69) is 35.5 Å². The molecule has 11 nitrogen and oxygen atoms in total. The standard InChI is InChI=1S/C21H21ClN8O3S/c1-13-4-6-16(17(8-13)29-34(3,31)32)26-20-15(22)10-23-21(28-20)27-18-9-14(5-7-19(18)33-2)30-11-24-25-12-30/h4-12,29H,1-3H3,(H2,23,26,27,28). The monoisotopic (exact) mass is 500 g/mol. The second-order valence-electron chi connectivity index (χ2n) is 7.32. The maximum atomic E-state index is 11.8. The van der Waals surface area contributed by atoms with Crippen molar-refractivity contribution in [3.63, 3.8) is 0 Å². The number of hydrogen-bond acceptors (Lipinski definition) is 9. The Balaban J connectivity index is 1.65. The molecule has 0 amide bonds. The van der Waals surface area contributed by atoms with Gasteiger partial charge in [-0.3, -0.25) is 9.29 Å².